The summed E-state index contributed by atoms with van der Waals surface area (Å²) in [4.78, 5) is 11.7. The number of hydrogen-bond acceptors (Lipinski definition) is 2. The van der Waals surface area contributed by atoms with E-state index in [1.807, 2.05) is 12.2 Å². The van der Waals surface area contributed by atoms with Crippen molar-refractivity contribution in [3.63, 3.8) is 0 Å². The Morgan fingerprint density at radius 2 is 2.04 bits per heavy atom. The highest BCUT2D eigenvalue weighted by Gasteiger charge is 2.61. The molecule has 1 N–H and O–H groups in total. The van der Waals surface area contributed by atoms with Gasteiger partial charge in [-0.3, -0.25) is 4.79 Å². The minimum atomic E-state index is -0.539. The van der Waals surface area contributed by atoms with E-state index in [4.69, 9.17) is 0 Å². The maximum atomic E-state index is 11.7. The summed E-state index contributed by atoms with van der Waals surface area (Å²) in [7, 11) is 0. The Labute approximate surface area is 140 Å². The molecule has 0 radical (unpaired) electrons. The minimum absolute atomic E-state index is 0.0636. The van der Waals surface area contributed by atoms with E-state index < -0.39 is 5.60 Å². The lowest BCUT2D eigenvalue weighted by atomic mass is 9.50. The molecule has 4 rings (SSSR count). The number of rotatable bonds is 2. The second-order valence-corrected chi connectivity index (χ2v) is 8.82. The molecule has 0 heterocycles. The van der Waals surface area contributed by atoms with Gasteiger partial charge in [0.25, 0.3) is 0 Å². The zero-order chi connectivity index (χ0) is 16.2. The smallest absolute Gasteiger partial charge is 0.155 e. The van der Waals surface area contributed by atoms with Crippen LogP contribution in [0.1, 0.15) is 64.7 Å². The first-order valence-electron chi connectivity index (χ1n) is 9.55. The standard InChI is InChI=1S/C21H30O2/c1-3-10-21(23)12-9-19-18-6-4-14-13-15(22)5-7-16(14)17(18)8-11-20(19,21)2/h3,13,16-19,23H,1,4-12H2,2H3/t16?,17?,18?,19?,20?,21-/m0/s1. The lowest BCUT2D eigenvalue weighted by molar-refractivity contribution is -0.120. The van der Waals surface area contributed by atoms with Gasteiger partial charge in [0.15, 0.2) is 5.78 Å². The highest BCUT2D eigenvalue weighted by atomic mass is 16.3. The van der Waals surface area contributed by atoms with Crippen molar-refractivity contribution in [1.82, 2.24) is 0 Å². The number of fused-ring (bicyclic) bond motifs is 5. The molecule has 23 heavy (non-hydrogen) atoms. The average molecular weight is 314 g/mol. The van der Waals surface area contributed by atoms with Crippen LogP contribution in [0.2, 0.25) is 0 Å². The van der Waals surface area contributed by atoms with Gasteiger partial charge in [-0.05, 0) is 86.5 Å². The molecule has 0 aromatic heterocycles. The van der Waals surface area contributed by atoms with Gasteiger partial charge in [-0.15, -0.1) is 6.58 Å². The average Bonchev–Trinajstić information content (AvgIpc) is 2.79. The van der Waals surface area contributed by atoms with E-state index in [0.717, 1.165) is 50.4 Å². The molecule has 5 unspecified atom stereocenters. The van der Waals surface area contributed by atoms with Crippen molar-refractivity contribution in [1.29, 1.82) is 0 Å². The first-order chi connectivity index (χ1) is 11.0. The normalized spacial score (nSPS) is 49.0. The Morgan fingerprint density at radius 3 is 2.83 bits per heavy atom. The monoisotopic (exact) mass is 314 g/mol. The van der Waals surface area contributed by atoms with Gasteiger partial charge >= 0.3 is 0 Å². The van der Waals surface area contributed by atoms with Crippen molar-refractivity contribution in [3.8, 4) is 0 Å². The molecule has 0 aromatic rings. The fraction of sp³-hybridized carbons (Fsp3) is 0.762. The van der Waals surface area contributed by atoms with E-state index in [1.54, 1.807) is 0 Å². The van der Waals surface area contributed by atoms with Crippen molar-refractivity contribution in [2.75, 3.05) is 0 Å². The van der Waals surface area contributed by atoms with Gasteiger partial charge in [0.1, 0.15) is 0 Å². The summed E-state index contributed by atoms with van der Waals surface area (Å²) in [5.41, 5.74) is 0.974. The summed E-state index contributed by atoms with van der Waals surface area (Å²) >= 11 is 0. The molecule has 0 saturated heterocycles. The predicted octanol–water partition coefficient (Wildman–Crippen LogP) is 4.44. The van der Waals surface area contributed by atoms with E-state index >= 15 is 0 Å². The third-order valence-electron chi connectivity index (χ3n) is 8.10. The van der Waals surface area contributed by atoms with E-state index in [2.05, 4.69) is 13.5 Å². The van der Waals surface area contributed by atoms with Crippen LogP contribution >= 0.6 is 0 Å². The number of aliphatic hydroxyl groups is 1. The van der Waals surface area contributed by atoms with E-state index in [0.29, 0.717) is 17.6 Å². The maximum Gasteiger partial charge on any atom is 0.155 e. The van der Waals surface area contributed by atoms with Crippen LogP contribution in [0.15, 0.2) is 24.3 Å². The largest absolute Gasteiger partial charge is 0.389 e. The topological polar surface area (TPSA) is 37.3 Å². The van der Waals surface area contributed by atoms with Crippen LogP contribution in [-0.2, 0) is 4.79 Å². The zero-order valence-electron chi connectivity index (χ0n) is 14.4. The van der Waals surface area contributed by atoms with Gasteiger partial charge in [-0.2, -0.15) is 0 Å². The van der Waals surface area contributed by atoms with E-state index in [1.165, 1.54) is 24.8 Å². The van der Waals surface area contributed by atoms with Gasteiger partial charge < -0.3 is 5.11 Å². The van der Waals surface area contributed by atoms with Crippen molar-refractivity contribution in [2.24, 2.45) is 29.1 Å². The van der Waals surface area contributed by atoms with E-state index in [-0.39, 0.29) is 5.41 Å². The summed E-state index contributed by atoms with van der Waals surface area (Å²) in [5.74, 6) is 3.17. The summed E-state index contributed by atoms with van der Waals surface area (Å²) < 4.78 is 0. The second-order valence-electron chi connectivity index (χ2n) is 8.82. The van der Waals surface area contributed by atoms with Gasteiger partial charge in [0.2, 0.25) is 0 Å². The number of hydrogen-bond donors (Lipinski definition) is 1. The molecular weight excluding hydrogens is 284 g/mol. The highest BCUT2D eigenvalue weighted by Crippen LogP contribution is 2.65. The van der Waals surface area contributed by atoms with Gasteiger partial charge in [0, 0.05) is 6.42 Å². The molecule has 2 nitrogen and oxygen atoms in total. The van der Waals surface area contributed by atoms with Crippen LogP contribution in [0, 0.1) is 29.1 Å². The molecule has 0 aliphatic heterocycles. The summed E-state index contributed by atoms with van der Waals surface area (Å²) in [6, 6.07) is 0. The number of carbonyl (C=O) groups excluding carboxylic acids is 1. The molecule has 0 bridgehead atoms. The van der Waals surface area contributed by atoms with Crippen molar-refractivity contribution < 1.29 is 9.90 Å². The lowest BCUT2D eigenvalue weighted by Crippen LogP contribution is -2.52. The fourth-order valence-corrected chi connectivity index (χ4v) is 6.87. The zero-order valence-corrected chi connectivity index (χ0v) is 14.4. The van der Waals surface area contributed by atoms with Crippen LogP contribution in [0.3, 0.4) is 0 Å². The molecule has 126 valence electrons. The Kier molecular flexibility index (Phi) is 3.61. The molecule has 0 aromatic carbocycles. The van der Waals surface area contributed by atoms with Crippen LogP contribution in [0.5, 0.6) is 0 Å². The highest BCUT2D eigenvalue weighted by molar-refractivity contribution is 5.91. The molecule has 0 amide bonds. The molecule has 3 fully saturated rings. The number of ketones is 1. The molecule has 4 aliphatic carbocycles. The van der Waals surface area contributed by atoms with Gasteiger partial charge in [-0.25, -0.2) is 0 Å². The van der Waals surface area contributed by atoms with Gasteiger partial charge in [-0.1, -0.05) is 18.6 Å². The minimum Gasteiger partial charge on any atom is -0.389 e. The Morgan fingerprint density at radius 1 is 1.22 bits per heavy atom. The molecule has 4 aliphatic rings. The van der Waals surface area contributed by atoms with Crippen molar-refractivity contribution >= 4 is 5.78 Å². The molecule has 2 heteroatoms. The second kappa shape index (κ2) is 5.31. The molecule has 6 atom stereocenters. The Hall–Kier alpha value is -0.890. The van der Waals surface area contributed by atoms with E-state index in [9.17, 15) is 9.90 Å². The third kappa shape index (κ3) is 2.13. The molecule has 3 saturated carbocycles. The number of carbonyl (C=O) groups is 1. The number of allylic oxidation sites excluding steroid dienone is 1. The maximum absolute atomic E-state index is 11.7. The summed E-state index contributed by atoms with van der Waals surface area (Å²) in [5, 5.41) is 11.3. The van der Waals surface area contributed by atoms with Crippen LogP contribution in [-0.4, -0.2) is 16.5 Å². The Bertz CT molecular complexity index is 562. The third-order valence-corrected chi connectivity index (χ3v) is 8.10. The van der Waals surface area contributed by atoms with Crippen LogP contribution in [0.4, 0.5) is 0 Å². The predicted molar refractivity (Wildman–Crippen MR) is 91.9 cm³/mol. The quantitative estimate of drug-likeness (QED) is 0.765. The summed E-state index contributed by atoms with van der Waals surface area (Å²) in [6.45, 7) is 6.23. The summed E-state index contributed by atoms with van der Waals surface area (Å²) in [6.07, 6.45) is 13.3. The van der Waals surface area contributed by atoms with Crippen LogP contribution < -0.4 is 0 Å². The first-order valence-corrected chi connectivity index (χ1v) is 9.55. The molecular formula is C21H30O2. The molecule has 0 spiro atoms. The first kappa shape index (κ1) is 15.6. The SMILES string of the molecule is C=CC[C@]1(O)CCC2C3CCC4=CC(=O)CCC4C3CCC21C. The fourth-order valence-electron chi connectivity index (χ4n) is 6.87. The van der Waals surface area contributed by atoms with Crippen molar-refractivity contribution in [2.45, 2.75) is 70.3 Å². The van der Waals surface area contributed by atoms with Gasteiger partial charge in [0.05, 0.1) is 5.60 Å². The lowest BCUT2D eigenvalue weighted by Gasteiger charge is -2.55. The Balaban J connectivity index is 1.62. The van der Waals surface area contributed by atoms with Crippen molar-refractivity contribution in [3.05, 3.63) is 24.3 Å². The van der Waals surface area contributed by atoms with Crippen LogP contribution in [0.25, 0.3) is 0 Å².